The van der Waals surface area contributed by atoms with Gasteiger partial charge in [0.2, 0.25) is 12.7 Å². The van der Waals surface area contributed by atoms with Gasteiger partial charge in [0.15, 0.2) is 11.5 Å². The lowest BCUT2D eigenvalue weighted by Crippen LogP contribution is -2.14. The van der Waals surface area contributed by atoms with Crippen LogP contribution in [0.2, 0.25) is 0 Å². The summed E-state index contributed by atoms with van der Waals surface area (Å²) in [5, 5.41) is 15.3. The van der Waals surface area contributed by atoms with Crippen molar-refractivity contribution in [1.82, 2.24) is 10.2 Å². The van der Waals surface area contributed by atoms with Gasteiger partial charge in [0.1, 0.15) is 10.8 Å². The summed E-state index contributed by atoms with van der Waals surface area (Å²) in [5.74, 6) is 2.44. The van der Waals surface area contributed by atoms with E-state index in [-0.39, 0.29) is 18.5 Å². The van der Waals surface area contributed by atoms with Crippen LogP contribution in [0.1, 0.15) is 23.1 Å². The number of hydrogen-bond acceptors (Lipinski definition) is 7. The zero-order valence-corrected chi connectivity index (χ0v) is 17.7. The van der Waals surface area contributed by atoms with Gasteiger partial charge >= 0.3 is 0 Å². The predicted octanol–water partition coefficient (Wildman–Crippen LogP) is 4.04. The Balaban J connectivity index is 1.09. The van der Waals surface area contributed by atoms with Crippen molar-refractivity contribution in [3.05, 3.63) is 65.2 Å². The first-order valence-electron chi connectivity index (χ1n) is 10.2. The Morgan fingerprint density at radius 3 is 2.77 bits per heavy atom. The van der Waals surface area contributed by atoms with Crippen LogP contribution in [0.15, 0.2) is 53.6 Å². The molecule has 0 saturated carbocycles. The maximum atomic E-state index is 12.3. The molecule has 1 aromatic heterocycles. The average Bonchev–Trinajstić information content (AvgIpc) is 3.45. The Morgan fingerprint density at radius 1 is 0.968 bits per heavy atom. The highest BCUT2D eigenvalue weighted by molar-refractivity contribution is 7.99. The van der Waals surface area contributed by atoms with Gasteiger partial charge in [-0.2, -0.15) is 0 Å². The van der Waals surface area contributed by atoms with Crippen LogP contribution in [0, 0.1) is 0 Å². The van der Waals surface area contributed by atoms with Crippen LogP contribution in [-0.2, 0) is 24.2 Å². The third kappa shape index (κ3) is 4.74. The largest absolute Gasteiger partial charge is 0.454 e. The molecular formula is C23H22N4O3S. The molecule has 0 bridgehead atoms. The van der Waals surface area contributed by atoms with Gasteiger partial charge in [0.25, 0.3) is 0 Å². The Labute approximate surface area is 184 Å². The van der Waals surface area contributed by atoms with E-state index in [9.17, 15) is 4.79 Å². The zero-order chi connectivity index (χ0) is 21.0. The molecule has 1 aliphatic heterocycles. The summed E-state index contributed by atoms with van der Waals surface area (Å²) in [6.07, 6.45) is 3.43. The minimum Gasteiger partial charge on any atom is -0.454 e. The highest BCUT2D eigenvalue weighted by Crippen LogP contribution is 2.32. The molecular weight excluding hydrogens is 412 g/mol. The Bertz CT molecular complexity index is 1100. The molecule has 2 aliphatic rings. The molecule has 158 valence electrons. The number of hydrogen-bond donors (Lipinski definition) is 2. The monoisotopic (exact) mass is 434 g/mol. The Morgan fingerprint density at radius 2 is 1.87 bits per heavy atom. The van der Waals surface area contributed by atoms with Gasteiger partial charge in [-0.3, -0.25) is 4.79 Å². The fourth-order valence-corrected chi connectivity index (χ4v) is 4.33. The number of carbonyl (C=O) groups excluding carboxylic acids is 1. The van der Waals surface area contributed by atoms with E-state index in [0.29, 0.717) is 17.4 Å². The number of ether oxygens (including phenoxy) is 2. The molecule has 5 rings (SSSR count). The van der Waals surface area contributed by atoms with Crippen molar-refractivity contribution in [3.63, 3.8) is 0 Å². The van der Waals surface area contributed by atoms with Crippen molar-refractivity contribution < 1.29 is 14.3 Å². The first kappa shape index (κ1) is 19.7. The second kappa shape index (κ2) is 8.85. The smallest absolute Gasteiger partial charge is 0.234 e. The maximum Gasteiger partial charge on any atom is 0.234 e. The number of carbonyl (C=O) groups is 1. The molecule has 2 N–H and O–H groups in total. The number of anilines is 2. The highest BCUT2D eigenvalue weighted by atomic mass is 32.2. The molecule has 2 aromatic carbocycles. The average molecular weight is 435 g/mol. The van der Waals surface area contributed by atoms with E-state index in [1.807, 2.05) is 36.4 Å². The minimum absolute atomic E-state index is 0.0465. The number of amides is 1. The number of nitrogens with zero attached hydrogens (tertiary/aromatic N) is 2. The summed E-state index contributed by atoms with van der Waals surface area (Å²) in [7, 11) is 0. The molecule has 1 amide bonds. The van der Waals surface area contributed by atoms with E-state index in [0.717, 1.165) is 35.6 Å². The summed E-state index contributed by atoms with van der Waals surface area (Å²) < 4.78 is 10.7. The summed E-state index contributed by atoms with van der Waals surface area (Å²) in [6.45, 7) is 0.864. The van der Waals surface area contributed by atoms with Crippen LogP contribution in [0.4, 0.5) is 11.5 Å². The third-order valence-corrected chi connectivity index (χ3v) is 6.20. The van der Waals surface area contributed by atoms with Gasteiger partial charge in [-0.1, -0.05) is 23.9 Å². The normalized spacial score (nSPS) is 13.7. The van der Waals surface area contributed by atoms with Crippen molar-refractivity contribution >= 4 is 29.2 Å². The van der Waals surface area contributed by atoms with E-state index in [1.54, 1.807) is 0 Å². The molecule has 31 heavy (non-hydrogen) atoms. The summed E-state index contributed by atoms with van der Waals surface area (Å²) in [6, 6.07) is 15.7. The van der Waals surface area contributed by atoms with Crippen molar-refractivity contribution in [3.8, 4) is 11.5 Å². The van der Waals surface area contributed by atoms with Gasteiger partial charge in [0, 0.05) is 12.2 Å². The number of rotatable bonds is 7. The molecule has 1 aliphatic carbocycles. The lowest BCUT2D eigenvalue weighted by Gasteiger charge is -2.08. The number of aryl methyl sites for hydroxylation is 2. The maximum absolute atomic E-state index is 12.3. The molecule has 8 heteroatoms. The molecule has 0 atom stereocenters. The van der Waals surface area contributed by atoms with Gasteiger partial charge in [-0.25, -0.2) is 0 Å². The third-order valence-electron chi connectivity index (χ3n) is 5.28. The van der Waals surface area contributed by atoms with Crippen LogP contribution in [-0.4, -0.2) is 28.7 Å². The lowest BCUT2D eigenvalue weighted by atomic mass is 10.1. The van der Waals surface area contributed by atoms with Crippen LogP contribution in [0.5, 0.6) is 11.5 Å². The SMILES string of the molecule is O=C(CSc1ccc(NCc2ccc3c(c2)OCO3)nn1)Nc1ccc2c(c1)CCC2. The fraction of sp³-hybridized carbons (Fsp3) is 0.261. The number of nitrogens with one attached hydrogen (secondary N) is 2. The first-order valence-corrected chi connectivity index (χ1v) is 11.2. The van der Waals surface area contributed by atoms with Crippen LogP contribution in [0.3, 0.4) is 0 Å². The van der Waals surface area contributed by atoms with Crippen molar-refractivity contribution in [2.75, 3.05) is 23.2 Å². The molecule has 3 aromatic rings. The van der Waals surface area contributed by atoms with Crippen molar-refractivity contribution in [2.24, 2.45) is 0 Å². The molecule has 0 radical (unpaired) electrons. The fourth-order valence-electron chi connectivity index (χ4n) is 3.72. The lowest BCUT2D eigenvalue weighted by molar-refractivity contribution is -0.113. The zero-order valence-electron chi connectivity index (χ0n) is 16.9. The topological polar surface area (TPSA) is 85.4 Å². The summed E-state index contributed by atoms with van der Waals surface area (Å²) in [5.41, 5.74) is 4.67. The van der Waals surface area contributed by atoms with Crippen LogP contribution in [0.25, 0.3) is 0 Å². The molecule has 7 nitrogen and oxygen atoms in total. The second-order valence-corrected chi connectivity index (χ2v) is 8.47. The van der Waals surface area contributed by atoms with Crippen LogP contribution < -0.4 is 20.1 Å². The second-order valence-electron chi connectivity index (χ2n) is 7.47. The Hall–Kier alpha value is -3.26. The number of benzene rings is 2. The number of fused-ring (bicyclic) bond motifs is 2. The van der Waals surface area contributed by atoms with Gasteiger partial charge in [-0.05, 0) is 72.4 Å². The first-order chi connectivity index (χ1) is 15.2. The number of thioether (sulfide) groups is 1. The van der Waals surface area contributed by atoms with Gasteiger partial charge in [-0.15, -0.1) is 10.2 Å². The van der Waals surface area contributed by atoms with E-state index < -0.39 is 0 Å². The van der Waals surface area contributed by atoms with E-state index in [4.69, 9.17) is 9.47 Å². The molecule has 0 fully saturated rings. The number of aromatic nitrogens is 2. The van der Waals surface area contributed by atoms with E-state index in [1.165, 1.54) is 29.3 Å². The van der Waals surface area contributed by atoms with Gasteiger partial charge in [0.05, 0.1) is 5.75 Å². The molecule has 0 saturated heterocycles. The molecule has 0 unspecified atom stereocenters. The van der Waals surface area contributed by atoms with E-state index >= 15 is 0 Å². The van der Waals surface area contributed by atoms with Crippen molar-refractivity contribution in [1.29, 1.82) is 0 Å². The summed E-state index contributed by atoms with van der Waals surface area (Å²) in [4.78, 5) is 12.3. The van der Waals surface area contributed by atoms with Crippen LogP contribution >= 0.6 is 11.8 Å². The minimum atomic E-state index is -0.0465. The van der Waals surface area contributed by atoms with E-state index in [2.05, 4.69) is 33.0 Å². The standard InChI is InChI=1S/C23H22N4O3S/c28-22(25-18-6-5-16-2-1-3-17(16)11-18)13-31-23-9-8-21(26-27-23)24-12-15-4-7-19-20(10-15)30-14-29-19/h4-11H,1-3,12-14H2,(H,24,26)(H,25,28). The molecule has 2 heterocycles. The Kier molecular flexibility index (Phi) is 5.62. The summed E-state index contributed by atoms with van der Waals surface area (Å²) >= 11 is 1.37. The quantitative estimate of drug-likeness (QED) is 0.543. The van der Waals surface area contributed by atoms with Gasteiger partial charge < -0.3 is 20.1 Å². The highest BCUT2D eigenvalue weighted by Gasteiger charge is 2.14. The predicted molar refractivity (Wildman–Crippen MR) is 120 cm³/mol. The molecule has 0 spiro atoms. The van der Waals surface area contributed by atoms with Crippen molar-refractivity contribution in [2.45, 2.75) is 30.8 Å².